The molecule has 1 aliphatic heterocycles. The Balaban J connectivity index is 2.13. The van der Waals surface area contributed by atoms with Gasteiger partial charge in [0.25, 0.3) is 10.0 Å². The van der Waals surface area contributed by atoms with E-state index in [-0.39, 0.29) is 24.0 Å². The van der Waals surface area contributed by atoms with Crippen LogP contribution in [0.15, 0.2) is 29.4 Å². The largest absolute Gasteiger partial charge is 0.444 e. The Morgan fingerprint density at radius 3 is 2.56 bits per heavy atom. The van der Waals surface area contributed by atoms with Crippen molar-refractivity contribution in [2.75, 3.05) is 20.1 Å². The molecule has 2 heterocycles. The highest BCUT2D eigenvalue weighted by Gasteiger charge is 2.36. The maximum absolute atomic E-state index is 13.2. The number of likely N-dealkylation sites (N-methyl/N-ethyl adjacent to an activating group) is 1. The van der Waals surface area contributed by atoms with Crippen molar-refractivity contribution >= 4 is 22.0 Å². The van der Waals surface area contributed by atoms with Gasteiger partial charge in [0.2, 0.25) is 5.91 Å². The fraction of sp³-hybridized carbons (Fsp3) is 0.696. The number of pyridine rings is 1. The molecule has 2 unspecified atom stereocenters. The number of amides is 2. The normalized spacial score (nSPS) is 20.9. The molecule has 1 aromatic rings. The third-order valence-electron chi connectivity index (χ3n) is 5.49. The lowest BCUT2D eigenvalue weighted by molar-refractivity contribution is -0.128. The molecule has 11 heteroatoms. The number of nitrogens with one attached hydrogen (secondary N) is 1. The summed E-state index contributed by atoms with van der Waals surface area (Å²) in [5, 5.41) is 13.6. The van der Waals surface area contributed by atoms with Gasteiger partial charge in [0, 0.05) is 26.3 Å². The highest BCUT2D eigenvalue weighted by Crippen LogP contribution is 2.21. The van der Waals surface area contributed by atoms with Crippen molar-refractivity contribution < 1.29 is 27.9 Å². The van der Waals surface area contributed by atoms with Crippen LogP contribution in [-0.2, 0) is 19.6 Å². The molecule has 0 bridgehead atoms. The zero-order chi connectivity index (χ0) is 25.7. The quantitative estimate of drug-likeness (QED) is 0.588. The number of sulfonamides is 1. The minimum Gasteiger partial charge on any atom is -0.444 e. The van der Waals surface area contributed by atoms with E-state index in [4.69, 9.17) is 4.74 Å². The third-order valence-corrected chi connectivity index (χ3v) is 7.28. The first kappa shape index (κ1) is 28.0. The molecule has 1 saturated heterocycles. The van der Waals surface area contributed by atoms with E-state index in [1.165, 1.54) is 28.5 Å². The van der Waals surface area contributed by atoms with Gasteiger partial charge in [-0.25, -0.2) is 18.2 Å². The van der Waals surface area contributed by atoms with Gasteiger partial charge in [0.15, 0.2) is 5.03 Å². The number of rotatable bonds is 7. The van der Waals surface area contributed by atoms with Crippen LogP contribution in [-0.4, -0.2) is 83.6 Å². The maximum atomic E-state index is 13.2. The summed E-state index contributed by atoms with van der Waals surface area (Å²) in [5.74, 6) is -0.286. The summed E-state index contributed by atoms with van der Waals surface area (Å²) < 4.78 is 32.5. The molecule has 1 aromatic heterocycles. The Morgan fingerprint density at radius 2 is 2.00 bits per heavy atom. The first-order valence-corrected chi connectivity index (χ1v) is 13.0. The molecular formula is C23H38N4O6S. The van der Waals surface area contributed by atoms with Crippen LogP contribution < -0.4 is 5.32 Å². The molecule has 0 saturated carbocycles. The molecule has 3 atom stereocenters. The van der Waals surface area contributed by atoms with E-state index in [2.05, 4.69) is 10.3 Å². The summed E-state index contributed by atoms with van der Waals surface area (Å²) in [6, 6.07) is 3.18. The second-order valence-electron chi connectivity index (χ2n) is 10.1. The molecule has 2 rings (SSSR count). The van der Waals surface area contributed by atoms with Gasteiger partial charge in [0.05, 0.1) is 12.1 Å². The maximum Gasteiger partial charge on any atom is 0.410 e. The third kappa shape index (κ3) is 7.64. The number of β-amino-alcohol motifs (C(OH)–C–C–N with tert-alkyl or cyclic N) is 1. The van der Waals surface area contributed by atoms with Gasteiger partial charge in [-0.05, 0) is 58.1 Å². The number of hydrogen-bond donors (Lipinski definition) is 2. The van der Waals surface area contributed by atoms with E-state index >= 15 is 0 Å². The fourth-order valence-electron chi connectivity index (χ4n) is 3.75. The second kappa shape index (κ2) is 11.5. The van der Waals surface area contributed by atoms with Gasteiger partial charge in [-0.1, -0.05) is 19.9 Å². The van der Waals surface area contributed by atoms with Crippen molar-refractivity contribution in [2.24, 2.45) is 5.92 Å². The Bertz CT molecular complexity index is 933. The van der Waals surface area contributed by atoms with Crippen molar-refractivity contribution in [3.8, 4) is 0 Å². The predicted molar refractivity (Wildman–Crippen MR) is 127 cm³/mol. The van der Waals surface area contributed by atoms with Crippen molar-refractivity contribution in [1.29, 1.82) is 0 Å². The topological polar surface area (TPSA) is 129 Å². The van der Waals surface area contributed by atoms with Crippen molar-refractivity contribution in [2.45, 2.75) is 82.7 Å². The Kier molecular flexibility index (Phi) is 9.44. The standard InChI is InChI=1S/C23H38N4O6S/c1-16(2)14-18(26(6)22(30)33-23(3,4)5)21(29)25-17-10-9-13-27(15-19(17)28)34(31,32)20-11-7-8-12-24-20/h7-8,11-12,16-19,28H,9-10,13-15H2,1-6H3,(H,25,29)/t17?,18-,19?/m0/s1. The molecule has 0 aromatic carbocycles. The van der Waals surface area contributed by atoms with E-state index in [1.807, 2.05) is 13.8 Å². The predicted octanol–water partition coefficient (Wildman–Crippen LogP) is 1.99. The van der Waals surface area contributed by atoms with Crippen LogP contribution in [0.4, 0.5) is 4.79 Å². The Hall–Kier alpha value is -2.24. The molecule has 2 amide bonds. The van der Waals surface area contributed by atoms with E-state index in [9.17, 15) is 23.1 Å². The second-order valence-corrected chi connectivity index (χ2v) is 12.0. The van der Waals surface area contributed by atoms with Gasteiger partial charge < -0.3 is 15.2 Å². The minimum atomic E-state index is -3.86. The lowest BCUT2D eigenvalue weighted by atomic mass is 10.0. The molecular weight excluding hydrogens is 460 g/mol. The van der Waals surface area contributed by atoms with Crippen LogP contribution in [0.2, 0.25) is 0 Å². The van der Waals surface area contributed by atoms with Gasteiger partial charge in [-0.3, -0.25) is 9.69 Å². The van der Waals surface area contributed by atoms with E-state index in [0.29, 0.717) is 19.3 Å². The number of hydrogen-bond acceptors (Lipinski definition) is 7. The van der Waals surface area contributed by atoms with Crippen LogP contribution in [0.5, 0.6) is 0 Å². The van der Waals surface area contributed by atoms with Crippen molar-refractivity contribution in [3.63, 3.8) is 0 Å². The summed E-state index contributed by atoms with van der Waals surface area (Å²) in [6.45, 7) is 9.19. The van der Waals surface area contributed by atoms with E-state index in [1.54, 1.807) is 32.9 Å². The zero-order valence-corrected chi connectivity index (χ0v) is 21.7. The molecule has 1 fully saturated rings. The summed E-state index contributed by atoms with van der Waals surface area (Å²) in [5.41, 5.74) is -0.704. The first-order chi connectivity index (χ1) is 15.7. The molecule has 34 heavy (non-hydrogen) atoms. The lowest BCUT2D eigenvalue weighted by Gasteiger charge is -2.32. The molecule has 0 radical (unpaired) electrons. The molecule has 2 N–H and O–H groups in total. The van der Waals surface area contributed by atoms with Gasteiger partial charge in [0.1, 0.15) is 11.6 Å². The van der Waals surface area contributed by atoms with Gasteiger partial charge >= 0.3 is 6.09 Å². The van der Waals surface area contributed by atoms with Gasteiger partial charge in [-0.2, -0.15) is 4.31 Å². The van der Waals surface area contributed by atoms with Crippen LogP contribution >= 0.6 is 0 Å². The monoisotopic (exact) mass is 498 g/mol. The van der Waals surface area contributed by atoms with Crippen molar-refractivity contribution in [3.05, 3.63) is 24.4 Å². The lowest BCUT2D eigenvalue weighted by Crippen LogP contribution is -2.54. The summed E-state index contributed by atoms with van der Waals surface area (Å²) in [4.78, 5) is 31.0. The smallest absolute Gasteiger partial charge is 0.410 e. The Morgan fingerprint density at radius 1 is 1.32 bits per heavy atom. The molecule has 0 aliphatic carbocycles. The summed E-state index contributed by atoms with van der Waals surface area (Å²) in [7, 11) is -2.35. The van der Waals surface area contributed by atoms with E-state index in [0.717, 1.165) is 0 Å². The summed E-state index contributed by atoms with van der Waals surface area (Å²) in [6.07, 6.45) is 0.931. The molecule has 10 nitrogen and oxygen atoms in total. The summed E-state index contributed by atoms with van der Waals surface area (Å²) >= 11 is 0. The Labute approximate surface area is 202 Å². The SMILES string of the molecule is CC(C)C[C@@H](C(=O)NC1CCCN(S(=O)(=O)c2ccccn2)CC1O)N(C)C(=O)OC(C)(C)C. The average molecular weight is 499 g/mol. The highest BCUT2D eigenvalue weighted by atomic mass is 32.2. The number of aliphatic hydroxyl groups is 1. The number of carbonyl (C=O) groups excluding carboxylic acids is 2. The number of carbonyl (C=O) groups is 2. The average Bonchev–Trinajstić information content (AvgIpc) is 2.92. The zero-order valence-electron chi connectivity index (χ0n) is 20.9. The number of aliphatic hydroxyl groups excluding tert-OH is 1. The van der Waals surface area contributed by atoms with Gasteiger partial charge in [-0.15, -0.1) is 0 Å². The number of ether oxygens (including phenoxy) is 1. The molecule has 0 spiro atoms. The van der Waals surface area contributed by atoms with Crippen LogP contribution in [0.25, 0.3) is 0 Å². The fourth-order valence-corrected chi connectivity index (χ4v) is 5.18. The van der Waals surface area contributed by atoms with Crippen LogP contribution in [0.3, 0.4) is 0 Å². The molecule has 1 aliphatic rings. The first-order valence-electron chi connectivity index (χ1n) is 11.6. The van der Waals surface area contributed by atoms with Crippen LogP contribution in [0.1, 0.15) is 53.9 Å². The minimum absolute atomic E-state index is 0.0827. The molecule has 192 valence electrons. The van der Waals surface area contributed by atoms with Crippen molar-refractivity contribution in [1.82, 2.24) is 19.5 Å². The van der Waals surface area contributed by atoms with E-state index < -0.39 is 45.8 Å². The highest BCUT2D eigenvalue weighted by molar-refractivity contribution is 7.89. The number of nitrogens with zero attached hydrogens (tertiary/aromatic N) is 3. The number of aromatic nitrogens is 1. The van der Waals surface area contributed by atoms with Crippen LogP contribution in [0, 0.1) is 5.92 Å².